The van der Waals surface area contributed by atoms with Gasteiger partial charge in [-0.15, -0.1) is 0 Å². The third-order valence-corrected chi connectivity index (χ3v) is 4.03. The molecule has 0 saturated heterocycles. The van der Waals surface area contributed by atoms with Crippen LogP contribution in [0.1, 0.15) is 26.2 Å². The lowest BCUT2D eigenvalue weighted by atomic mass is 9.89. The molecule has 0 aliphatic heterocycles. The molecule has 0 unspecified atom stereocenters. The second-order valence-electron chi connectivity index (χ2n) is 5.48. The number of aromatic nitrogens is 2. The Morgan fingerprint density at radius 1 is 1.35 bits per heavy atom. The van der Waals surface area contributed by atoms with Crippen molar-refractivity contribution in [2.75, 3.05) is 13.2 Å². The Morgan fingerprint density at radius 2 is 2.20 bits per heavy atom. The molecule has 1 fully saturated rings. The highest BCUT2D eigenvalue weighted by Crippen LogP contribution is 2.23. The summed E-state index contributed by atoms with van der Waals surface area (Å²) < 4.78 is 7.81. The van der Waals surface area contributed by atoms with Crippen LogP contribution < -0.4 is 5.32 Å². The van der Waals surface area contributed by atoms with Gasteiger partial charge in [-0.05, 0) is 44.9 Å². The number of rotatable bonds is 7. The largest absolute Gasteiger partial charge is 0.378 e. The fraction of sp³-hybridized carbons (Fsp3) is 0.562. The lowest BCUT2D eigenvalue weighted by molar-refractivity contribution is -0.00977. The van der Waals surface area contributed by atoms with Gasteiger partial charge in [0, 0.05) is 19.2 Å². The molecule has 3 rings (SSSR count). The number of aryl methyl sites for hydroxylation is 1. The quantitative estimate of drug-likeness (QED) is 0.788. The summed E-state index contributed by atoms with van der Waals surface area (Å²) in [4.78, 5) is 4.42. The zero-order chi connectivity index (χ0) is 13.8. The first kappa shape index (κ1) is 13.6. The lowest BCUT2D eigenvalue weighted by Crippen LogP contribution is -2.45. The molecule has 1 saturated carbocycles. The van der Waals surface area contributed by atoms with E-state index in [1.165, 1.54) is 18.4 Å². The van der Waals surface area contributed by atoms with E-state index in [1.54, 1.807) is 0 Å². The number of nitrogens with one attached hydrogen (secondary N) is 1. The number of ether oxygens (including phenoxy) is 1. The van der Waals surface area contributed by atoms with Gasteiger partial charge in [-0.3, -0.25) is 0 Å². The Hall–Kier alpha value is -1.39. The first-order chi connectivity index (χ1) is 9.86. The van der Waals surface area contributed by atoms with Crippen molar-refractivity contribution in [1.82, 2.24) is 14.9 Å². The summed E-state index contributed by atoms with van der Waals surface area (Å²) in [5, 5.41) is 3.60. The van der Waals surface area contributed by atoms with Crippen LogP contribution in [-0.4, -0.2) is 34.8 Å². The third-order valence-electron chi connectivity index (χ3n) is 4.03. The number of hydrogen-bond donors (Lipinski definition) is 1. The van der Waals surface area contributed by atoms with Gasteiger partial charge in [-0.2, -0.15) is 0 Å². The van der Waals surface area contributed by atoms with E-state index >= 15 is 0 Å². The molecule has 108 valence electrons. The molecule has 1 aromatic heterocycles. The monoisotopic (exact) mass is 273 g/mol. The maximum Gasteiger partial charge on any atom is 0.0958 e. The average Bonchev–Trinajstić information content (AvgIpc) is 2.83. The Bertz CT molecular complexity index is 545. The van der Waals surface area contributed by atoms with Crippen molar-refractivity contribution < 1.29 is 4.74 Å². The van der Waals surface area contributed by atoms with Crippen molar-refractivity contribution in [1.29, 1.82) is 0 Å². The van der Waals surface area contributed by atoms with Crippen LogP contribution >= 0.6 is 0 Å². The SMILES string of the molecule is CCOC1CC(NCCCn2cnc3ccccc32)C1. The molecule has 4 nitrogen and oxygen atoms in total. The summed E-state index contributed by atoms with van der Waals surface area (Å²) in [5.74, 6) is 0. The Labute approximate surface area is 120 Å². The fourth-order valence-corrected chi connectivity index (χ4v) is 2.85. The Kier molecular flexibility index (Phi) is 4.33. The molecule has 0 bridgehead atoms. The van der Waals surface area contributed by atoms with Gasteiger partial charge in [0.2, 0.25) is 0 Å². The van der Waals surface area contributed by atoms with Gasteiger partial charge in [0.15, 0.2) is 0 Å². The normalized spacial score (nSPS) is 22.1. The molecule has 4 heteroatoms. The number of para-hydroxylation sites is 2. The van der Waals surface area contributed by atoms with E-state index in [-0.39, 0.29) is 0 Å². The fourth-order valence-electron chi connectivity index (χ4n) is 2.85. The minimum Gasteiger partial charge on any atom is -0.378 e. The highest BCUT2D eigenvalue weighted by Gasteiger charge is 2.28. The van der Waals surface area contributed by atoms with Crippen LogP contribution in [0, 0.1) is 0 Å². The molecule has 1 N–H and O–H groups in total. The summed E-state index contributed by atoms with van der Waals surface area (Å²) in [7, 11) is 0. The summed E-state index contributed by atoms with van der Waals surface area (Å²) in [6.07, 6.45) is 5.91. The van der Waals surface area contributed by atoms with Crippen LogP contribution in [0.15, 0.2) is 30.6 Å². The van der Waals surface area contributed by atoms with Crippen molar-refractivity contribution in [3.05, 3.63) is 30.6 Å². The van der Waals surface area contributed by atoms with Crippen molar-refractivity contribution >= 4 is 11.0 Å². The molecule has 0 spiro atoms. The van der Waals surface area contributed by atoms with E-state index in [9.17, 15) is 0 Å². The van der Waals surface area contributed by atoms with Gasteiger partial charge in [-0.1, -0.05) is 12.1 Å². The molecule has 0 amide bonds. The van der Waals surface area contributed by atoms with Gasteiger partial charge < -0.3 is 14.6 Å². The predicted octanol–water partition coefficient (Wildman–Crippen LogP) is 2.58. The molecule has 2 aromatic rings. The van der Waals surface area contributed by atoms with Crippen molar-refractivity contribution in [3.63, 3.8) is 0 Å². The molecule has 0 radical (unpaired) electrons. The van der Waals surface area contributed by atoms with E-state index in [4.69, 9.17) is 4.74 Å². The first-order valence-corrected chi connectivity index (χ1v) is 7.61. The number of nitrogens with zero attached hydrogens (tertiary/aromatic N) is 2. The van der Waals surface area contributed by atoms with Crippen LogP contribution in [-0.2, 0) is 11.3 Å². The molecule has 0 atom stereocenters. The minimum atomic E-state index is 0.495. The molecule has 20 heavy (non-hydrogen) atoms. The number of benzene rings is 1. The average molecular weight is 273 g/mol. The minimum absolute atomic E-state index is 0.495. The smallest absolute Gasteiger partial charge is 0.0958 e. The van der Waals surface area contributed by atoms with Crippen LogP contribution in [0.5, 0.6) is 0 Å². The Morgan fingerprint density at radius 3 is 3.05 bits per heavy atom. The standard InChI is InChI=1S/C16H23N3O/c1-2-20-14-10-13(11-14)17-8-5-9-19-12-18-15-6-3-4-7-16(15)19/h3-4,6-7,12-14,17H,2,5,8-11H2,1H3. The van der Waals surface area contributed by atoms with Gasteiger partial charge in [0.1, 0.15) is 0 Å². The van der Waals surface area contributed by atoms with Crippen LogP contribution in [0.4, 0.5) is 0 Å². The van der Waals surface area contributed by atoms with Crippen LogP contribution in [0.2, 0.25) is 0 Å². The summed E-state index contributed by atoms with van der Waals surface area (Å²) in [5.41, 5.74) is 2.31. The molecular formula is C16H23N3O. The van der Waals surface area contributed by atoms with E-state index in [1.807, 2.05) is 12.4 Å². The molecule has 1 heterocycles. The van der Waals surface area contributed by atoms with E-state index in [2.05, 4.69) is 40.0 Å². The number of hydrogen-bond acceptors (Lipinski definition) is 3. The first-order valence-electron chi connectivity index (χ1n) is 7.61. The van der Waals surface area contributed by atoms with Gasteiger partial charge >= 0.3 is 0 Å². The van der Waals surface area contributed by atoms with Crippen molar-refractivity contribution in [3.8, 4) is 0 Å². The van der Waals surface area contributed by atoms with E-state index < -0.39 is 0 Å². The van der Waals surface area contributed by atoms with Gasteiger partial charge in [0.05, 0.1) is 23.5 Å². The summed E-state index contributed by atoms with van der Waals surface area (Å²) in [6.45, 7) is 4.99. The molecular weight excluding hydrogens is 250 g/mol. The zero-order valence-corrected chi connectivity index (χ0v) is 12.1. The molecule has 1 aliphatic carbocycles. The second-order valence-corrected chi connectivity index (χ2v) is 5.48. The van der Waals surface area contributed by atoms with Gasteiger partial charge in [-0.25, -0.2) is 4.98 Å². The number of imidazole rings is 1. The Balaban J connectivity index is 1.38. The summed E-state index contributed by atoms with van der Waals surface area (Å²) >= 11 is 0. The maximum atomic E-state index is 5.57. The highest BCUT2D eigenvalue weighted by atomic mass is 16.5. The van der Waals surface area contributed by atoms with Crippen molar-refractivity contribution in [2.45, 2.75) is 44.9 Å². The summed E-state index contributed by atoms with van der Waals surface area (Å²) in [6, 6.07) is 8.96. The third kappa shape index (κ3) is 3.02. The predicted molar refractivity (Wildman–Crippen MR) is 80.8 cm³/mol. The zero-order valence-electron chi connectivity index (χ0n) is 12.1. The van der Waals surface area contributed by atoms with Crippen LogP contribution in [0.3, 0.4) is 0 Å². The van der Waals surface area contributed by atoms with E-state index in [0.29, 0.717) is 12.1 Å². The van der Waals surface area contributed by atoms with Crippen molar-refractivity contribution in [2.24, 2.45) is 0 Å². The number of fused-ring (bicyclic) bond motifs is 1. The lowest BCUT2D eigenvalue weighted by Gasteiger charge is -2.35. The molecule has 1 aromatic carbocycles. The second kappa shape index (κ2) is 6.37. The topological polar surface area (TPSA) is 39.1 Å². The highest BCUT2D eigenvalue weighted by molar-refractivity contribution is 5.74. The maximum absolute atomic E-state index is 5.57. The molecule has 1 aliphatic rings. The van der Waals surface area contributed by atoms with Gasteiger partial charge in [0.25, 0.3) is 0 Å². The van der Waals surface area contributed by atoms with Crippen LogP contribution in [0.25, 0.3) is 11.0 Å². The van der Waals surface area contributed by atoms with E-state index in [0.717, 1.165) is 31.6 Å².